The largest absolute Gasteiger partial charge is 0.354 e. The molecule has 7 aromatic heterocycles. The molecule has 2 N–H and O–H groups in total. The number of rotatable bonds is 8. The van der Waals surface area contributed by atoms with Crippen LogP contribution in [-0.4, -0.2) is 66.6 Å². The highest BCUT2D eigenvalue weighted by molar-refractivity contribution is 6.00. The Morgan fingerprint density at radius 2 is 0.406 bits per heavy atom. The molecule has 8 bridgehead atoms. The third kappa shape index (κ3) is 10.0. The Bertz CT molecular complexity index is 4890. The molecule has 2 aliphatic heterocycles. The molecule has 4 aromatic carbocycles. The van der Waals surface area contributed by atoms with Gasteiger partial charge in [-0.1, -0.05) is 0 Å². The molecule has 0 saturated carbocycles. The van der Waals surface area contributed by atoms with Gasteiger partial charge in [0.1, 0.15) is 22.7 Å². The molecule has 28 heteroatoms. The normalized spacial score (nSPS) is 11.9. The van der Waals surface area contributed by atoms with Crippen LogP contribution in [0.4, 0.5) is 70.2 Å². The van der Waals surface area contributed by atoms with Crippen molar-refractivity contribution >= 4 is 46.4 Å². The van der Waals surface area contributed by atoms with Crippen molar-refractivity contribution in [3.05, 3.63) is 278 Å². The summed E-state index contributed by atoms with van der Waals surface area (Å²) >= 11 is 0. The van der Waals surface area contributed by atoms with E-state index in [1.165, 1.54) is 77.0 Å². The third-order valence-corrected chi connectivity index (χ3v) is 15.9. The average molecular weight is 1340 g/mol. The van der Waals surface area contributed by atoms with Crippen LogP contribution in [0.1, 0.15) is 22.8 Å². The van der Waals surface area contributed by atoms with E-state index in [0.717, 1.165) is 98.1 Å². The zero-order valence-electron chi connectivity index (χ0n) is 49.2. The van der Waals surface area contributed by atoms with Crippen LogP contribution in [0.3, 0.4) is 0 Å². The number of benzene rings is 4. The number of nitrogens with one attached hydrogen (secondary N) is 2. The molecule has 96 heavy (non-hydrogen) atoms. The van der Waals surface area contributed by atoms with E-state index >= 15 is 70.2 Å². The molecule has 13 rings (SSSR count). The standard InChI is InChI=1S/C68H38F16N8O4/c1-93-29-13-21-89(22-14-29)65-57(77)49(69)45(50(70)58(65)78)41-33-5-7-35(85-33)42(46-51(71)59(79)66(60(80)52(46)72)90-23-15-30(94-2)16-24-90)37-9-11-39(87-37)44(48-55(75)63(83)68(64(84)56(48)76)92-27-19-32(96-4)20-28-92)40-12-10-38(88-40)43(36-8-6-34(41)86-36)47-53(73)61(81)67(62(82)54(47)74)91-25-17-31(95-3)18-26-91/h5-28,85,88H,1-4H3/q+4. The van der Waals surface area contributed by atoms with Crippen LogP contribution in [0, 0.1) is 93.1 Å². The van der Waals surface area contributed by atoms with Crippen molar-refractivity contribution in [3.63, 3.8) is 0 Å². The predicted molar refractivity (Wildman–Crippen MR) is 326 cm³/mol. The highest BCUT2D eigenvalue weighted by Crippen LogP contribution is 2.46. The Labute approximate surface area is 526 Å². The number of fused-ring (bicyclic) bond motifs is 8. The predicted octanol–water partition coefficient (Wildman–Crippen LogP) is 14.8. The molecule has 0 aliphatic carbocycles. The Balaban J connectivity index is 1.21. The van der Waals surface area contributed by atoms with Crippen LogP contribution in [0.25, 0.3) is 114 Å². The lowest BCUT2D eigenvalue weighted by molar-refractivity contribution is 0.452. The van der Waals surface area contributed by atoms with E-state index in [9.17, 15) is 0 Å². The number of H-pyrrole nitrogens is 2. The molecule has 0 atom stereocenters. The number of nitrogens with zero attached hydrogens (tertiary/aromatic N) is 6. The van der Waals surface area contributed by atoms with E-state index in [0.29, 0.717) is 18.3 Å². The van der Waals surface area contributed by atoms with Crippen LogP contribution in [0.15, 0.2) is 140 Å². The summed E-state index contributed by atoms with van der Waals surface area (Å²) < 4.78 is 297. The van der Waals surface area contributed by atoms with Crippen LogP contribution >= 0.6 is 0 Å². The SMILES string of the molecule is C[O+]=c1ccn(-c2c(F)c(F)c(-c3c4nc(c(-c5c(F)c(F)c(-n6ccc(=[O+]C)cc6)c(F)c5F)c5ccc([nH]5)c(-c5c(F)c(F)c(-n6ccc(=[O+]C)cc6)c(F)c5F)c5nc(c(-c6c(F)c(F)c(-n7ccc(=[O+]C)cc7)c(F)c6F)c6ccc3[nH]6)C=C5)C=C4)c(F)c2F)cc1. The molecule has 0 amide bonds. The molecule has 9 heterocycles. The minimum atomic E-state index is -2.17. The quantitative estimate of drug-likeness (QED) is 0.0894. The van der Waals surface area contributed by atoms with Gasteiger partial charge in [0.05, 0.1) is 93.6 Å². The number of aromatic nitrogens is 8. The van der Waals surface area contributed by atoms with Crippen LogP contribution in [-0.2, 0) is 0 Å². The average Bonchev–Trinajstić information content (AvgIpc) is 1.49. The fourth-order valence-electron chi connectivity index (χ4n) is 11.3. The molecule has 0 unspecified atom stereocenters. The molecule has 2 aliphatic rings. The van der Waals surface area contributed by atoms with Crippen LogP contribution < -0.4 is 21.7 Å². The van der Waals surface area contributed by atoms with E-state index in [-0.39, 0.29) is 21.7 Å². The second-order valence-electron chi connectivity index (χ2n) is 21.0. The molecular formula is C68H38F16N8O4+4. The molecule has 11 aromatic rings. The molecule has 12 nitrogen and oxygen atoms in total. The van der Waals surface area contributed by atoms with Gasteiger partial charge < -0.3 is 28.2 Å². The second kappa shape index (κ2) is 24.2. The van der Waals surface area contributed by atoms with Crippen molar-refractivity contribution in [1.29, 1.82) is 0 Å². The Morgan fingerprint density at radius 3 is 0.562 bits per heavy atom. The smallest absolute Gasteiger partial charge is 0.346 e. The Hall–Kier alpha value is -11.8. The van der Waals surface area contributed by atoms with Crippen LogP contribution in [0.2, 0.25) is 0 Å². The first-order valence-corrected chi connectivity index (χ1v) is 27.9. The van der Waals surface area contributed by atoms with Gasteiger partial charge in [-0.15, -0.1) is 0 Å². The summed E-state index contributed by atoms with van der Waals surface area (Å²) in [6, 6.07) is 12.8. The number of hydrogen-bond donors (Lipinski definition) is 2. The number of aromatic amines is 2. The van der Waals surface area contributed by atoms with E-state index in [1.54, 1.807) is 0 Å². The van der Waals surface area contributed by atoms with E-state index in [4.69, 9.17) is 17.7 Å². The van der Waals surface area contributed by atoms with Crippen molar-refractivity contribution in [3.8, 4) is 67.3 Å². The fourth-order valence-corrected chi connectivity index (χ4v) is 11.3. The van der Waals surface area contributed by atoms with Crippen molar-refractivity contribution in [2.45, 2.75) is 0 Å². The zero-order chi connectivity index (χ0) is 68.0. The maximum Gasteiger partial charge on any atom is 0.346 e. The maximum absolute atomic E-state index is 17.4. The van der Waals surface area contributed by atoms with Gasteiger partial charge in [0.2, 0.25) is 0 Å². The number of hydrogen-bond acceptors (Lipinski definition) is 2. The van der Waals surface area contributed by atoms with Gasteiger partial charge in [-0.25, -0.2) is 80.2 Å². The minimum absolute atomic E-state index is 0.139. The lowest BCUT2D eigenvalue weighted by Gasteiger charge is -2.15. The van der Waals surface area contributed by atoms with Crippen molar-refractivity contribution in [1.82, 2.24) is 38.2 Å². The van der Waals surface area contributed by atoms with E-state index in [2.05, 4.69) is 19.9 Å². The minimum Gasteiger partial charge on any atom is -0.354 e. The first-order chi connectivity index (χ1) is 46.1. The van der Waals surface area contributed by atoms with Crippen molar-refractivity contribution in [2.24, 2.45) is 0 Å². The summed E-state index contributed by atoms with van der Waals surface area (Å²) in [5.74, 6) is -34.0. The summed E-state index contributed by atoms with van der Waals surface area (Å²) in [4.78, 5) is 13.9. The summed E-state index contributed by atoms with van der Waals surface area (Å²) in [6.45, 7) is 0. The second-order valence-corrected chi connectivity index (χ2v) is 21.0. The molecular weight excluding hydrogens is 1300 g/mol. The van der Waals surface area contributed by atoms with Gasteiger partial charge in [0.25, 0.3) is 28.4 Å². The molecule has 482 valence electrons. The van der Waals surface area contributed by atoms with Gasteiger partial charge in [-0.05, 0) is 48.6 Å². The summed E-state index contributed by atoms with van der Waals surface area (Å²) in [5, 5.41) is 0. The highest BCUT2D eigenvalue weighted by atomic mass is 19.2. The summed E-state index contributed by atoms with van der Waals surface area (Å²) in [5.41, 5.74) is -21.8. The van der Waals surface area contributed by atoms with Crippen molar-refractivity contribution < 1.29 is 70.2 Å². The fraction of sp³-hybridized carbons (Fsp3) is 0.0588. The molecule has 0 radical (unpaired) electrons. The Kier molecular flexibility index (Phi) is 15.9. The van der Waals surface area contributed by atoms with E-state index in [1.807, 2.05) is 0 Å². The Morgan fingerprint density at radius 1 is 0.240 bits per heavy atom. The lowest BCUT2D eigenvalue weighted by atomic mass is 10.0. The van der Waals surface area contributed by atoms with Gasteiger partial charge in [-0.2, -0.15) is 0 Å². The number of halogens is 16. The van der Waals surface area contributed by atoms with Crippen LogP contribution in [0.5, 0.6) is 0 Å². The van der Waals surface area contributed by atoms with Gasteiger partial charge in [0.15, 0.2) is 93.1 Å². The first kappa shape index (κ1) is 62.9. The van der Waals surface area contributed by atoms with E-state index < -0.39 is 205 Å². The molecule has 0 spiro atoms. The summed E-state index contributed by atoms with van der Waals surface area (Å²) in [7, 11) is 5.01. The third-order valence-electron chi connectivity index (χ3n) is 15.9. The highest BCUT2D eigenvalue weighted by Gasteiger charge is 2.36. The van der Waals surface area contributed by atoms with Gasteiger partial charge >= 0.3 is 21.7 Å². The maximum atomic E-state index is 17.4. The first-order valence-electron chi connectivity index (χ1n) is 27.9. The summed E-state index contributed by atoms with van der Waals surface area (Å²) in [6.07, 6.45) is 11.1. The van der Waals surface area contributed by atoms with Gasteiger partial charge in [-0.3, -0.25) is 17.7 Å². The lowest BCUT2D eigenvalue weighted by Crippen LogP contribution is -2.12. The molecule has 0 fully saturated rings. The topological polar surface area (TPSA) is 122 Å². The zero-order valence-corrected chi connectivity index (χ0v) is 49.2. The van der Waals surface area contributed by atoms with Crippen molar-refractivity contribution in [2.75, 3.05) is 28.4 Å². The molecule has 0 saturated heterocycles. The monoisotopic (exact) mass is 1330 g/mol. The van der Waals surface area contributed by atoms with Gasteiger partial charge in [0, 0.05) is 93.9 Å². The number of pyridine rings is 4.